The molecule has 0 bridgehead atoms. The smallest absolute Gasteiger partial charge is 0.0667 e. The summed E-state index contributed by atoms with van der Waals surface area (Å²) in [6, 6.07) is 0. The Kier molecular flexibility index (Phi) is 3.76. The van der Waals surface area contributed by atoms with E-state index in [9.17, 15) is 5.11 Å². The van der Waals surface area contributed by atoms with Crippen LogP contribution in [-0.4, -0.2) is 26.8 Å². The molecule has 5 aliphatic rings. The van der Waals surface area contributed by atoms with Crippen molar-refractivity contribution in [2.75, 3.05) is 11.5 Å². The maximum Gasteiger partial charge on any atom is 0.0667 e. The Labute approximate surface area is 155 Å². The summed E-state index contributed by atoms with van der Waals surface area (Å²) in [6.45, 7) is 5.21. The van der Waals surface area contributed by atoms with E-state index in [1.54, 1.807) is 5.57 Å². The van der Waals surface area contributed by atoms with Crippen LogP contribution in [0.25, 0.3) is 0 Å². The van der Waals surface area contributed by atoms with Crippen molar-refractivity contribution in [3.8, 4) is 0 Å². The van der Waals surface area contributed by atoms with Crippen molar-refractivity contribution < 1.29 is 5.11 Å². The van der Waals surface area contributed by atoms with Crippen LogP contribution in [0.4, 0.5) is 0 Å². The number of thioether (sulfide) groups is 2. The lowest BCUT2D eigenvalue weighted by Gasteiger charge is -2.59. The second-order valence-corrected chi connectivity index (χ2v) is 12.6. The Bertz CT molecular complexity index is 566. The molecule has 6 atom stereocenters. The molecule has 3 saturated carbocycles. The molecule has 1 spiro atoms. The van der Waals surface area contributed by atoms with Gasteiger partial charge in [-0.3, -0.25) is 0 Å². The summed E-state index contributed by atoms with van der Waals surface area (Å²) >= 11 is 4.63. The normalized spacial score (nSPS) is 52.5. The van der Waals surface area contributed by atoms with Gasteiger partial charge in [0.2, 0.25) is 0 Å². The van der Waals surface area contributed by atoms with Gasteiger partial charge in [0, 0.05) is 11.5 Å². The van der Waals surface area contributed by atoms with Gasteiger partial charge in [-0.15, -0.1) is 23.5 Å². The fraction of sp³-hybridized carbons (Fsp3) is 0.905. The van der Waals surface area contributed by atoms with Gasteiger partial charge in [-0.05, 0) is 80.0 Å². The van der Waals surface area contributed by atoms with Gasteiger partial charge in [0.05, 0.1) is 10.2 Å². The molecule has 1 nitrogen and oxygen atoms in total. The summed E-state index contributed by atoms with van der Waals surface area (Å²) < 4.78 is 0.552. The highest BCUT2D eigenvalue weighted by Gasteiger charge is 2.65. The second-order valence-electron chi connectivity index (χ2n) is 9.60. The zero-order chi connectivity index (χ0) is 16.6. The molecule has 134 valence electrons. The minimum absolute atomic E-state index is 0.0734. The van der Waals surface area contributed by atoms with E-state index in [1.165, 1.54) is 50.0 Å². The first-order valence-electron chi connectivity index (χ1n) is 10.1. The van der Waals surface area contributed by atoms with Crippen molar-refractivity contribution in [2.24, 2.45) is 28.6 Å². The Morgan fingerprint density at radius 2 is 1.75 bits per heavy atom. The first-order chi connectivity index (χ1) is 11.5. The molecular weight excluding hydrogens is 332 g/mol. The largest absolute Gasteiger partial charge is 0.393 e. The highest BCUT2D eigenvalue weighted by molar-refractivity contribution is 8.21. The van der Waals surface area contributed by atoms with Crippen molar-refractivity contribution in [1.82, 2.24) is 0 Å². The first kappa shape index (κ1) is 16.6. The topological polar surface area (TPSA) is 20.2 Å². The first-order valence-corrected chi connectivity index (χ1v) is 12.1. The van der Waals surface area contributed by atoms with E-state index in [0.29, 0.717) is 14.9 Å². The Morgan fingerprint density at radius 1 is 1.00 bits per heavy atom. The molecule has 1 N–H and O–H groups in total. The van der Waals surface area contributed by atoms with Gasteiger partial charge in [0.15, 0.2) is 0 Å². The van der Waals surface area contributed by atoms with Crippen LogP contribution in [0.3, 0.4) is 0 Å². The maximum atomic E-state index is 10.1. The average Bonchev–Trinajstić information content (AvgIpc) is 3.15. The van der Waals surface area contributed by atoms with E-state index >= 15 is 0 Å². The Balaban J connectivity index is 1.49. The molecule has 24 heavy (non-hydrogen) atoms. The number of hydrogen-bond donors (Lipinski definition) is 1. The Hall–Kier alpha value is 0.400. The lowest BCUT2D eigenvalue weighted by molar-refractivity contribution is -0.0368. The van der Waals surface area contributed by atoms with Crippen molar-refractivity contribution >= 4 is 23.5 Å². The quantitative estimate of drug-likeness (QED) is 0.574. The predicted octanol–water partition coefficient (Wildman–Crippen LogP) is 5.49. The van der Waals surface area contributed by atoms with Gasteiger partial charge in [-0.1, -0.05) is 25.5 Å². The summed E-state index contributed by atoms with van der Waals surface area (Å²) in [7, 11) is 0. The molecule has 3 unspecified atom stereocenters. The fourth-order valence-corrected chi connectivity index (χ4v) is 11.4. The molecule has 0 aromatic carbocycles. The molecule has 1 heterocycles. The lowest BCUT2D eigenvalue weighted by atomic mass is 9.48. The lowest BCUT2D eigenvalue weighted by Crippen LogP contribution is -2.52. The summed E-state index contributed by atoms with van der Waals surface area (Å²) in [6.07, 6.45) is 12.8. The molecule has 1 aliphatic heterocycles. The van der Waals surface area contributed by atoms with Gasteiger partial charge in [0.25, 0.3) is 0 Å². The molecule has 3 heteroatoms. The molecule has 4 aliphatic carbocycles. The number of hydrogen-bond acceptors (Lipinski definition) is 3. The van der Waals surface area contributed by atoms with E-state index in [0.717, 1.165) is 30.6 Å². The van der Waals surface area contributed by atoms with Crippen molar-refractivity contribution in [3.05, 3.63) is 11.6 Å². The monoisotopic (exact) mass is 364 g/mol. The van der Waals surface area contributed by atoms with Crippen LogP contribution in [0.1, 0.15) is 65.2 Å². The maximum absolute atomic E-state index is 10.1. The second kappa shape index (κ2) is 5.45. The van der Waals surface area contributed by atoms with E-state index in [1.807, 2.05) is 0 Å². The van der Waals surface area contributed by atoms with Crippen LogP contribution in [0.15, 0.2) is 11.6 Å². The molecule has 4 fully saturated rings. The molecule has 0 amide bonds. The number of fused-ring (bicyclic) bond motifs is 6. The number of allylic oxidation sites excluding steroid dienone is 1. The zero-order valence-corrected chi connectivity index (χ0v) is 16.9. The minimum Gasteiger partial charge on any atom is -0.393 e. The summed E-state index contributed by atoms with van der Waals surface area (Å²) in [5, 5.41) is 10.1. The molecule has 0 radical (unpaired) electrons. The zero-order valence-electron chi connectivity index (χ0n) is 15.2. The van der Waals surface area contributed by atoms with E-state index in [4.69, 9.17) is 0 Å². The third-order valence-corrected chi connectivity index (χ3v) is 12.9. The van der Waals surface area contributed by atoms with E-state index in [2.05, 4.69) is 43.4 Å². The van der Waals surface area contributed by atoms with Gasteiger partial charge in [0.1, 0.15) is 0 Å². The van der Waals surface area contributed by atoms with Gasteiger partial charge in [-0.2, -0.15) is 0 Å². The fourth-order valence-electron chi connectivity index (χ4n) is 7.53. The summed E-state index contributed by atoms with van der Waals surface area (Å²) in [5.41, 5.74) is 2.58. The average molecular weight is 365 g/mol. The van der Waals surface area contributed by atoms with Crippen LogP contribution in [0.2, 0.25) is 0 Å². The van der Waals surface area contributed by atoms with E-state index < -0.39 is 0 Å². The molecular formula is C21H32OS2. The highest BCUT2D eigenvalue weighted by atomic mass is 32.2. The van der Waals surface area contributed by atoms with Crippen LogP contribution in [0.5, 0.6) is 0 Å². The van der Waals surface area contributed by atoms with Gasteiger partial charge >= 0.3 is 0 Å². The molecule has 1 saturated heterocycles. The third kappa shape index (κ3) is 2.01. The van der Waals surface area contributed by atoms with Crippen LogP contribution in [-0.2, 0) is 0 Å². The van der Waals surface area contributed by atoms with Gasteiger partial charge in [-0.25, -0.2) is 0 Å². The minimum atomic E-state index is -0.0734. The number of aliphatic hydroxyl groups is 1. The summed E-state index contributed by atoms with van der Waals surface area (Å²) in [5.74, 6) is 5.49. The summed E-state index contributed by atoms with van der Waals surface area (Å²) in [4.78, 5) is 0. The Morgan fingerprint density at radius 3 is 2.54 bits per heavy atom. The molecule has 5 rings (SSSR count). The number of rotatable bonds is 0. The highest BCUT2D eigenvalue weighted by Crippen LogP contribution is 2.73. The SMILES string of the molecule is C[C@]12CC[C@H](O)CC1=CCC1C2CC[C@@]2(C)C1CCC21SCCS1. The van der Waals surface area contributed by atoms with Crippen molar-refractivity contribution in [3.63, 3.8) is 0 Å². The van der Waals surface area contributed by atoms with Crippen LogP contribution in [0, 0.1) is 28.6 Å². The van der Waals surface area contributed by atoms with Gasteiger partial charge < -0.3 is 5.11 Å². The number of aliphatic hydroxyl groups excluding tert-OH is 1. The van der Waals surface area contributed by atoms with Crippen LogP contribution >= 0.6 is 23.5 Å². The standard InChI is InChI=1S/C21H32OS2/c1-19-8-5-15(22)13-14(19)3-4-16-17(19)6-9-20(2)18(16)7-10-21(20)23-11-12-24-21/h3,15-18,22H,4-13H2,1-2H3/t15-,16?,17?,18?,19-,20-/m0/s1. The third-order valence-electron chi connectivity index (χ3n) is 8.88. The predicted molar refractivity (Wildman–Crippen MR) is 105 cm³/mol. The molecule has 0 aromatic rings. The molecule has 0 aromatic heterocycles. The van der Waals surface area contributed by atoms with Crippen molar-refractivity contribution in [1.29, 1.82) is 0 Å². The van der Waals surface area contributed by atoms with Crippen LogP contribution < -0.4 is 0 Å². The van der Waals surface area contributed by atoms with Crippen molar-refractivity contribution in [2.45, 2.75) is 75.4 Å². The van der Waals surface area contributed by atoms with E-state index in [-0.39, 0.29) is 6.10 Å².